The van der Waals surface area contributed by atoms with E-state index in [0.29, 0.717) is 12.0 Å². The summed E-state index contributed by atoms with van der Waals surface area (Å²) in [4.78, 5) is 0. The average Bonchev–Trinajstić information content (AvgIpc) is 2.40. The van der Waals surface area contributed by atoms with Gasteiger partial charge in [0, 0.05) is 16.5 Å². The van der Waals surface area contributed by atoms with Crippen LogP contribution in [0.3, 0.4) is 0 Å². The van der Waals surface area contributed by atoms with Gasteiger partial charge in [-0.3, -0.25) is 0 Å². The maximum absolute atomic E-state index is 13.8. The average molecular weight is 273 g/mol. The zero-order chi connectivity index (χ0) is 14.2. The Morgan fingerprint density at radius 3 is 2.37 bits per heavy atom. The standard InChI is InChI=1S/C13H11F4NO/c1-2-6-3-7(18)4-8-9(6)13(19-5-14)12(17)11(16)10(8)15/h3-4H,2,5,18H2,1H3. The lowest BCUT2D eigenvalue weighted by molar-refractivity contribution is 0.184. The molecule has 0 aromatic heterocycles. The van der Waals surface area contributed by atoms with Gasteiger partial charge in [0.05, 0.1) is 0 Å². The van der Waals surface area contributed by atoms with Gasteiger partial charge in [-0.25, -0.2) is 13.2 Å². The third-order valence-corrected chi connectivity index (χ3v) is 2.87. The second-order valence-electron chi connectivity index (χ2n) is 3.98. The van der Waals surface area contributed by atoms with Gasteiger partial charge in [0.15, 0.2) is 17.4 Å². The van der Waals surface area contributed by atoms with Gasteiger partial charge < -0.3 is 10.5 Å². The lowest BCUT2D eigenvalue weighted by atomic mass is 9.99. The van der Waals surface area contributed by atoms with Crippen LogP contribution in [0.1, 0.15) is 12.5 Å². The molecule has 6 heteroatoms. The normalized spacial score (nSPS) is 11.0. The molecule has 102 valence electrons. The summed E-state index contributed by atoms with van der Waals surface area (Å²) in [7, 11) is 0. The first-order valence-corrected chi connectivity index (χ1v) is 5.58. The van der Waals surface area contributed by atoms with Crippen LogP contribution in [0, 0.1) is 17.5 Å². The van der Waals surface area contributed by atoms with E-state index in [2.05, 4.69) is 4.74 Å². The summed E-state index contributed by atoms with van der Waals surface area (Å²) in [5.74, 6) is -5.24. The van der Waals surface area contributed by atoms with Crippen molar-refractivity contribution in [1.29, 1.82) is 0 Å². The Kier molecular flexibility index (Phi) is 3.50. The van der Waals surface area contributed by atoms with Gasteiger partial charge in [0.2, 0.25) is 12.7 Å². The third-order valence-electron chi connectivity index (χ3n) is 2.87. The van der Waals surface area contributed by atoms with Gasteiger partial charge in [0.25, 0.3) is 0 Å². The van der Waals surface area contributed by atoms with Crippen molar-refractivity contribution in [3.8, 4) is 5.75 Å². The van der Waals surface area contributed by atoms with Crippen molar-refractivity contribution in [2.24, 2.45) is 0 Å². The molecule has 0 heterocycles. The molecule has 0 spiro atoms. The summed E-state index contributed by atoms with van der Waals surface area (Å²) in [5.41, 5.74) is 6.25. The summed E-state index contributed by atoms with van der Waals surface area (Å²) in [6.07, 6.45) is 0.384. The first kappa shape index (κ1) is 13.5. The molecule has 0 atom stereocenters. The molecule has 0 unspecified atom stereocenters. The minimum atomic E-state index is -1.70. The maximum Gasteiger partial charge on any atom is 0.228 e. The number of anilines is 1. The fraction of sp³-hybridized carbons (Fsp3) is 0.231. The van der Waals surface area contributed by atoms with E-state index in [4.69, 9.17) is 5.73 Å². The van der Waals surface area contributed by atoms with E-state index in [9.17, 15) is 17.6 Å². The number of hydrogen-bond donors (Lipinski definition) is 1. The smallest absolute Gasteiger partial charge is 0.228 e. The van der Waals surface area contributed by atoms with Crippen LogP contribution in [0.5, 0.6) is 5.75 Å². The highest BCUT2D eigenvalue weighted by Crippen LogP contribution is 2.37. The van der Waals surface area contributed by atoms with E-state index in [1.807, 2.05) is 0 Å². The van der Waals surface area contributed by atoms with E-state index >= 15 is 0 Å². The Balaban J connectivity index is 2.98. The molecule has 0 bridgehead atoms. The second kappa shape index (κ2) is 4.95. The molecule has 2 aromatic rings. The molecule has 0 fully saturated rings. The molecule has 19 heavy (non-hydrogen) atoms. The monoisotopic (exact) mass is 273 g/mol. The maximum atomic E-state index is 13.8. The number of ether oxygens (including phenoxy) is 1. The fourth-order valence-corrected chi connectivity index (χ4v) is 2.06. The zero-order valence-electron chi connectivity index (χ0n) is 10.1. The first-order chi connectivity index (χ1) is 9.01. The van der Waals surface area contributed by atoms with Crippen LogP contribution in [0.2, 0.25) is 0 Å². The lowest BCUT2D eigenvalue weighted by Crippen LogP contribution is -2.03. The van der Waals surface area contributed by atoms with Crippen LogP contribution in [0.4, 0.5) is 23.2 Å². The largest absolute Gasteiger partial charge is 0.459 e. The number of halogens is 4. The van der Waals surface area contributed by atoms with Gasteiger partial charge >= 0.3 is 0 Å². The van der Waals surface area contributed by atoms with Gasteiger partial charge in [-0.05, 0) is 24.1 Å². The summed E-state index contributed by atoms with van der Waals surface area (Å²) < 4.78 is 57.6. The molecule has 0 aliphatic rings. The van der Waals surface area contributed by atoms with Crippen molar-refractivity contribution >= 4 is 16.5 Å². The molecular formula is C13H11F4NO. The Morgan fingerprint density at radius 1 is 1.11 bits per heavy atom. The summed E-state index contributed by atoms with van der Waals surface area (Å²) in [6.45, 7) is 0.386. The molecule has 2 aromatic carbocycles. The molecule has 0 amide bonds. The summed E-state index contributed by atoms with van der Waals surface area (Å²) in [5, 5.41) is -0.218. The van der Waals surface area contributed by atoms with Crippen molar-refractivity contribution < 1.29 is 22.3 Å². The SMILES string of the molecule is CCc1cc(N)cc2c(F)c(F)c(F)c(OCF)c12. The molecule has 2 nitrogen and oxygen atoms in total. The van der Waals surface area contributed by atoms with Crippen LogP contribution in [0.25, 0.3) is 10.8 Å². The number of alkyl halides is 1. The van der Waals surface area contributed by atoms with Crippen molar-refractivity contribution in [1.82, 2.24) is 0 Å². The van der Waals surface area contributed by atoms with E-state index in [1.54, 1.807) is 6.92 Å². The Morgan fingerprint density at radius 2 is 1.79 bits per heavy atom. The number of nitrogen functional groups attached to an aromatic ring is 1. The number of rotatable bonds is 3. The van der Waals surface area contributed by atoms with Crippen LogP contribution in [-0.4, -0.2) is 6.86 Å². The minimum Gasteiger partial charge on any atom is -0.459 e. The van der Waals surface area contributed by atoms with Crippen LogP contribution in [0.15, 0.2) is 12.1 Å². The Bertz CT molecular complexity index is 643. The van der Waals surface area contributed by atoms with Gasteiger partial charge in [-0.1, -0.05) is 6.92 Å². The van der Waals surface area contributed by atoms with E-state index in [-0.39, 0.29) is 16.5 Å². The molecule has 0 radical (unpaired) electrons. The molecule has 2 N–H and O–H groups in total. The number of nitrogens with two attached hydrogens (primary N) is 1. The van der Waals surface area contributed by atoms with Crippen LogP contribution in [-0.2, 0) is 6.42 Å². The number of aryl methyl sites for hydroxylation is 1. The van der Waals surface area contributed by atoms with E-state index < -0.39 is 30.1 Å². The minimum absolute atomic E-state index is 0.00532. The highest BCUT2D eigenvalue weighted by molar-refractivity contribution is 5.94. The summed E-state index contributed by atoms with van der Waals surface area (Å²) in [6, 6.07) is 2.65. The third kappa shape index (κ3) is 2.07. The highest BCUT2D eigenvalue weighted by atomic mass is 19.2. The van der Waals surface area contributed by atoms with Crippen molar-refractivity contribution in [3.63, 3.8) is 0 Å². The number of hydrogen-bond acceptors (Lipinski definition) is 2. The number of fused-ring (bicyclic) bond motifs is 1. The zero-order valence-corrected chi connectivity index (χ0v) is 10.1. The van der Waals surface area contributed by atoms with E-state index in [1.165, 1.54) is 6.07 Å². The molecule has 0 aliphatic heterocycles. The first-order valence-electron chi connectivity index (χ1n) is 5.58. The quantitative estimate of drug-likeness (QED) is 0.525. The van der Waals surface area contributed by atoms with Gasteiger partial charge in [-0.2, -0.15) is 4.39 Å². The fourth-order valence-electron chi connectivity index (χ4n) is 2.06. The second-order valence-corrected chi connectivity index (χ2v) is 3.98. The van der Waals surface area contributed by atoms with Gasteiger partial charge in [0.1, 0.15) is 0 Å². The summed E-state index contributed by atoms with van der Waals surface area (Å²) >= 11 is 0. The molecule has 0 aliphatic carbocycles. The lowest BCUT2D eigenvalue weighted by Gasteiger charge is -2.14. The molecule has 2 rings (SSSR count). The predicted molar refractivity (Wildman–Crippen MR) is 64.2 cm³/mol. The van der Waals surface area contributed by atoms with Crippen LogP contribution < -0.4 is 10.5 Å². The van der Waals surface area contributed by atoms with E-state index in [0.717, 1.165) is 6.07 Å². The van der Waals surface area contributed by atoms with Crippen molar-refractivity contribution in [2.45, 2.75) is 13.3 Å². The van der Waals surface area contributed by atoms with Gasteiger partial charge in [-0.15, -0.1) is 0 Å². The highest BCUT2D eigenvalue weighted by Gasteiger charge is 2.23. The molecular weight excluding hydrogens is 262 g/mol. The number of benzene rings is 2. The van der Waals surface area contributed by atoms with Crippen LogP contribution >= 0.6 is 0 Å². The topological polar surface area (TPSA) is 35.2 Å². The Labute approximate surface area is 106 Å². The molecule has 0 saturated heterocycles. The molecule has 0 saturated carbocycles. The van der Waals surface area contributed by atoms with Crippen molar-refractivity contribution in [3.05, 3.63) is 35.1 Å². The predicted octanol–water partition coefficient (Wildman–Crippen LogP) is 3.71. The van der Waals surface area contributed by atoms with Crippen molar-refractivity contribution in [2.75, 3.05) is 12.6 Å². The Hall–Kier alpha value is -1.98.